The van der Waals surface area contributed by atoms with Crippen molar-refractivity contribution in [2.24, 2.45) is 11.8 Å². The zero-order valence-electron chi connectivity index (χ0n) is 12.4. The topological polar surface area (TPSA) is 21.3 Å². The van der Waals surface area contributed by atoms with Crippen LogP contribution in [0, 0.1) is 11.8 Å². The van der Waals surface area contributed by atoms with Crippen LogP contribution in [0.2, 0.25) is 0 Å². The fourth-order valence-electron chi connectivity index (χ4n) is 3.93. The van der Waals surface area contributed by atoms with Gasteiger partial charge in [-0.05, 0) is 74.0 Å². The first-order chi connectivity index (χ1) is 9.85. The Kier molecular flexibility index (Phi) is 3.22. The number of rotatable bonds is 5. The fourth-order valence-corrected chi connectivity index (χ4v) is 3.93. The summed E-state index contributed by atoms with van der Waals surface area (Å²) in [7, 11) is 1.80. The van der Waals surface area contributed by atoms with E-state index >= 15 is 0 Å². The first-order valence-electron chi connectivity index (χ1n) is 8.26. The average Bonchev–Trinajstić information content (AvgIpc) is 3.37. The molecule has 0 heterocycles. The monoisotopic (exact) mass is 271 g/mol. The van der Waals surface area contributed by atoms with Crippen LogP contribution in [-0.4, -0.2) is 19.2 Å². The van der Waals surface area contributed by atoms with Crippen LogP contribution in [0.15, 0.2) is 18.2 Å². The van der Waals surface area contributed by atoms with Gasteiger partial charge in [0.2, 0.25) is 0 Å². The Bertz CT molecular complexity index is 464. The summed E-state index contributed by atoms with van der Waals surface area (Å²) in [5, 5.41) is 4.02. The number of methoxy groups -OCH3 is 1. The highest BCUT2D eigenvalue weighted by Crippen LogP contribution is 2.45. The second-order valence-corrected chi connectivity index (χ2v) is 6.90. The number of fused-ring (bicyclic) bond motifs is 1. The van der Waals surface area contributed by atoms with E-state index in [9.17, 15) is 0 Å². The Balaban J connectivity index is 1.48. The largest absolute Gasteiger partial charge is 0.496 e. The summed E-state index contributed by atoms with van der Waals surface area (Å²) in [6.07, 6.45) is 9.47. The van der Waals surface area contributed by atoms with Crippen LogP contribution in [0.4, 0.5) is 0 Å². The van der Waals surface area contributed by atoms with Crippen LogP contribution in [-0.2, 0) is 12.8 Å². The highest BCUT2D eigenvalue weighted by atomic mass is 16.5. The Morgan fingerprint density at radius 3 is 2.50 bits per heavy atom. The van der Waals surface area contributed by atoms with E-state index in [-0.39, 0.29) is 0 Å². The summed E-state index contributed by atoms with van der Waals surface area (Å²) in [5.74, 6) is 3.06. The highest BCUT2D eigenvalue weighted by molar-refractivity contribution is 5.42. The van der Waals surface area contributed by atoms with Gasteiger partial charge in [0.25, 0.3) is 0 Å². The Morgan fingerprint density at radius 1 is 1.10 bits per heavy atom. The zero-order chi connectivity index (χ0) is 13.5. The van der Waals surface area contributed by atoms with E-state index in [2.05, 4.69) is 23.5 Å². The van der Waals surface area contributed by atoms with Gasteiger partial charge in [0.05, 0.1) is 7.11 Å². The maximum atomic E-state index is 5.56. The number of nitrogens with one attached hydrogen (secondary N) is 1. The summed E-state index contributed by atoms with van der Waals surface area (Å²) in [6.45, 7) is 0. The molecule has 2 nitrogen and oxygen atoms in total. The molecule has 3 aliphatic rings. The zero-order valence-corrected chi connectivity index (χ0v) is 12.4. The average molecular weight is 271 g/mol. The maximum absolute atomic E-state index is 5.56. The van der Waals surface area contributed by atoms with Crippen molar-refractivity contribution in [3.8, 4) is 5.75 Å². The minimum atomic E-state index is 0.657. The molecule has 0 saturated heterocycles. The van der Waals surface area contributed by atoms with E-state index in [0.717, 1.165) is 30.0 Å². The van der Waals surface area contributed by atoms with Gasteiger partial charge in [-0.3, -0.25) is 0 Å². The molecular weight excluding hydrogens is 246 g/mol. The van der Waals surface area contributed by atoms with Crippen LogP contribution in [0.3, 0.4) is 0 Å². The van der Waals surface area contributed by atoms with E-state index in [1.165, 1.54) is 49.7 Å². The standard InChI is InChI=1S/C18H25NO/c1-20-17-4-2-3-12-9-10-15(11-16(12)17)19-18(13-5-6-13)14-7-8-14/h2-4,13-15,18-19H,5-11H2,1H3. The van der Waals surface area contributed by atoms with Crippen molar-refractivity contribution in [3.05, 3.63) is 29.3 Å². The van der Waals surface area contributed by atoms with Crippen molar-refractivity contribution >= 4 is 0 Å². The molecule has 4 rings (SSSR count). The van der Waals surface area contributed by atoms with Crippen molar-refractivity contribution < 1.29 is 4.74 Å². The van der Waals surface area contributed by atoms with Gasteiger partial charge in [-0.1, -0.05) is 12.1 Å². The molecule has 1 N–H and O–H groups in total. The molecule has 20 heavy (non-hydrogen) atoms. The van der Waals surface area contributed by atoms with Crippen molar-refractivity contribution in [2.75, 3.05) is 7.11 Å². The Labute approximate surface area is 121 Å². The number of hydrogen-bond acceptors (Lipinski definition) is 2. The quantitative estimate of drug-likeness (QED) is 0.887. The third-order valence-corrected chi connectivity index (χ3v) is 5.35. The molecule has 0 amide bonds. The molecule has 1 unspecified atom stereocenters. The van der Waals surface area contributed by atoms with E-state index in [4.69, 9.17) is 4.74 Å². The fraction of sp³-hybridized carbons (Fsp3) is 0.667. The number of benzene rings is 1. The predicted molar refractivity (Wildman–Crippen MR) is 81.2 cm³/mol. The minimum Gasteiger partial charge on any atom is -0.496 e. The normalized spacial score (nSPS) is 25.6. The van der Waals surface area contributed by atoms with Gasteiger partial charge in [-0.2, -0.15) is 0 Å². The van der Waals surface area contributed by atoms with Gasteiger partial charge in [0.15, 0.2) is 0 Å². The molecule has 0 aliphatic heterocycles. The van der Waals surface area contributed by atoms with Crippen molar-refractivity contribution in [1.82, 2.24) is 5.32 Å². The molecule has 0 aromatic heterocycles. The van der Waals surface area contributed by atoms with Gasteiger partial charge in [-0.15, -0.1) is 0 Å². The maximum Gasteiger partial charge on any atom is 0.122 e. The van der Waals surface area contributed by atoms with Crippen LogP contribution < -0.4 is 10.1 Å². The van der Waals surface area contributed by atoms with E-state index in [1.54, 1.807) is 7.11 Å². The second kappa shape index (κ2) is 5.07. The smallest absolute Gasteiger partial charge is 0.122 e. The van der Waals surface area contributed by atoms with Gasteiger partial charge in [-0.25, -0.2) is 0 Å². The van der Waals surface area contributed by atoms with Crippen LogP contribution in [0.5, 0.6) is 5.75 Å². The summed E-state index contributed by atoms with van der Waals surface area (Å²) >= 11 is 0. The molecule has 1 atom stereocenters. The van der Waals surface area contributed by atoms with E-state index in [0.29, 0.717) is 6.04 Å². The lowest BCUT2D eigenvalue weighted by molar-refractivity contribution is 0.333. The van der Waals surface area contributed by atoms with Crippen molar-refractivity contribution in [3.63, 3.8) is 0 Å². The molecule has 3 aliphatic carbocycles. The Hall–Kier alpha value is -1.02. The first kappa shape index (κ1) is 12.7. The molecule has 0 radical (unpaired) electrons. The SMILES string of the molecule is COc1cccc2c1CC(NC(C1CC1)C1CC1)CC2. The molecule has 2 fully saturated rings. The lowest BCUT2D eigenvalue weighted by Gasteiger charge is -2.31. The van der Waals surface area contributed by atoms with Crippen molar-refractivity contribution in [1.29, 1.82) is 0 Å². The lowest BCUT2D eigenvalue weighted by Crippen LogP contribution is -2.44. The molecule has 2 saturated carbocycles. The van der Waals surface area contributed by atoms with Crippen LogP contribution >= 0.6 is 0 Å². The van der Waals surface area contributed by atoms with Crippen LogP contribution in [0.25, 0.3) is 0 Å². The first-order valence-corrected chi connectivity index (χ1v) is 8.26. The summed E-state index contributed by atoms with van der Waals surface area (Å²) in [6, 6.07) is 7.98. The van der Waals surface area contributed by atoms with Crippen molar-refractivity contribution in [2.45, 2.75) is 57.0 Å². The second-order valence-electron chi connectivity index (χ2n) is 6.90. The third kappa shape index (κ3) is 2.46. The number of ether oxygens (including phenoxy) is 1. The van der Waals surface area contributed by atoms with Crippen LogP contribution in [0.1, 0.15) is 43.2 Å². The van der Waals surface area contributed by atoms with Gasteiger partial charge < -0.3 is 10.1 Å². The summed E-state index contributed by atoms with van der Waals surface area (Å²) in [4.78, 5) is 0. The third-order valence-electron chi connectivity index (χ3n) is 5.35. The highest BCUT2D eigenvalue weighted by Gasteiger charge is 2.42. The number of hydrogen-bond donors (Lipinski definition) is 1. The summed E-state index contributed by atoms with van der Waals surface area (Å²) < 4.78 is 5.56. The lowest BCUT2D eigenvalue weighted by atomic mass is 9.87. The van der Waals surface area contributed by atoms with Gasteiger partial charge in [0, 0.05) is 12.1 Å². The predicted octanol–water partition coefficient (Wildman–Crippen LogP) is 3.33. The molecule has 1 aromatic carbocycles. The number of aryl methyl sites for hydroxylation is 1. The minimum absolute atomic E-state index is 0.657. The summed E-state index contributed by atoms with van der Waals surface area (Å²) in [5.41, 5.74) is 2.95. The Morgan fingerprint density at radius 2 is 1.85 bits per heavy atom. The molecular formula is C18H25NO. The van der Waals surface area contributed by atoms with Gasteiger partial charge in [0.1, 0.15) is 5.75 Å². The molecule has 2 heteroatoms. The van der Waals surface area contributed by atoms with E-state index < -0.39 is 0 Å². The molecule has 0 spiro atoms. The molecule has 0 bridgehead atoms. The molecule has 1 aromatic rings. The van der Waals surface area contributed by atoms with Gasteiger partial charge >= 0.3 is 0 Å². The molecule has 108 valence electrons. The van der Waals surface area contributed by atoms with E-state index in [1.807, 2.05) is 0 Å².